The van der Waals surface area contributed by atoms with Crippen LogP contribution in [0.1, 0.15) is 19.4 Å². The molecule has 0 atom stereocenters. The Labute approximate surface area is 122 Å². The summed E-state index contributed by atoms with van der Waals surface area (Å²) in [4.78, 5) is 0.873. The van der Waals surface area contributed by atoms with Crippen molar-refractivity contribution < 1.29 is 4.39 Å². The quantitative estimate of drug-likeness (QED) is 0.889. The molecule has 0 aliphatic heterocycles. The monoisotopic (exact) mass is 294 g/mol. The summed E-state index contributed by atoms with van der Waals surface area (Å²) in [6.07, 6.45) is 1.64. The summed E-state index contributed by atoms with van der Waals surface area (Å²) in [7, 11) is 1.87. The van der Waals surface area contributed by atoms with Crippen LogP contribution in [0.4, 0.5) is 4.39 Å². The predicted molar refractivity (Wildman–Crippen MR) is 78.1 cm³/mol. The first-order chi connectivity index (χ1) is 9.58. The molecular formula is C14H19FN4S. The van der Waals surface area contributed by atoms with Crippen LogP contribution in [-0.4, -0.2) is 21.3 Å². The van der Waals surface area contributed by atoms with Crippen molar-refractivity contribution in [2.75, 3.05) is 6.54 Å². The van der Waals surface area contributed by atoms with Gasteiger partial charge in [0.05, 0.1) is 0 Å². The van der Waals surface area contributed by atoms with E-state index in [0.717, 1.165) is 16.6 Å². The van der Waals surface area contributed by atoms with Gasteiger partial charge in [-0.3, -0.25) is 0 Å². The summed E-state index contributed by atoms with van der Waals surface area (Å²) in [6, 6.07) is 5.13. The first kappa shape index (κ1) is 15.0. The molecule has 1 aromatic heterocycles. The fraction of sp³-hybridized carbons (Fsp3) is 0.429. The molecule has 4 nitrogen and oxygen atoms in total. The fourth-order valence-electron chi connectivity index (χ4n) is 1.76. The van der Waals surface area contributed by atoms with Gasteiger partial charge in [-0.2, -0.15) is 0 Å². The molecule has 2 aromatic rings. The highest BCUT2D eigenvalue weighted by atomic mass is 32.2. The Kier molecular flexibility index (Phi) is 5.14. The van der Waals surface area contributed by atoms with Crippen LogP contribution in [0.2, 0.25) is 0 Å². The molecule has 2 rings (SSSR count). The topological polar surface area (TPSA) is 42.7 Å². The lowest BCUT2D eigenvalue weighted by Gasteiger charge is -2.12. The third kappa shape index (κ3) is 3.80. The van der Waals surface area contributed by atoms with Gasteiger partial charge in [0.1, 0.15) is 12.1 Å². The highest BCUT2D eigenvalue weighted by Crippen LogP contribution is 2.30. The summed E-state index contributed by atoms with van der Waals surface area (Å²) >= 11 is 1.43. The van der Waals surface area contributed by atoms with E-state index in [1.54, 1.807) is 12.4 Å². The van der Waals surface area contributed by atoms with Crippen LogP contribution < -0.4 is 5.32 Å². The van der Waals surface area contributed by atoms with Gasteiger partial charge >= 0.3 is 0 Å². The molecule has 0 unspecified atom stereocenters. The first-order valence-electron chi connectivity index (χ1n) is 6.58. The zero-order valence-electron chi connectivity index (χ0n) is 11.9. The lowest BCUT2D eigenvalue weighted by atomic mass is 10.2. The molecule has 0 amide bonds. The SMILES string of the molecule is CC(C)CNCc1c(F)cccc1Sc1nncn1C. The number of rotatable bonds is 6. The van der Waals surface area contributed by atoms with Gasteiger partial charge in [-0.25, -0.2) is 4.39 Å². The highest BCUT2D eigenvalue weighted by molar-refractivity contribution is 7.99. The normalized spacial score (nSPS) is 11.2. The summed E-state index contributed by atoms with van der Waals surface area (Å²) in [5.74, 6) is 0.352. The van der Waals surface area contributed by atoms with Crippen molar-refractivity contribution in [1.29, 1.82) is 0 Å². The van der Waals surface area contributed by atoms with Gasteiger partial charge in [-0.05, 0) is 36.4 Å². The second-order valence-electron chi connectivity index (χ2n) is 5.07. The number of aryl methyl sites for hydroxylation is 1. The van der Waals surface area contributed by atoms with Gasteiger partial charge in [0.15, 0.2) is 5.16 Å². The molecule has 1 N–H and O–H groups in total. The Balaban J connectivity index is 2.15. The number of nitrogens with zero attached hydrogens (tertiary/aromatic N) is 3. The van der Waals surface area contributed by atoms with Gasteiger partial charge in [-0.15, -0.1) is 10.2 Å². The Morgan fingerprint density at radius 2 is 2.20 bits per heavy atom. The maximum atomic E-state index is 14.0. The Morgan fingerprint density at radius 3 is 2.85 bits per heavy atom. The molecule has 0 fully saturated rings. The second-order valence-corrected chi connectivity index (χ2v) is 6.08. The van der Waals surface area contributed by atoms with Gasteiger partial charge in [0.25, 0.3) is 0 Å². The maximum Gasteiger partial charge on any atom is 0.195 e. The minimum Gasteiger partial charge on any atom is -0.312 e. The fourth-order valence-corrected chi connectivity index (χ4v) is 2.67. The van der Waals surface area contributed by atoms with Crippen LogP contribution in [-0.2, 0) is 13.6 Å². The van der Waals surface area contributed by atoms with Crippen LogP contribution in [0.5, 0.6) is 0 Å². The van der Waals surface area contributed by atoms with Crippen LogP contribution in [0.15, 0.2) is 34.6 Å². The summed E-state index contributed by atoms with van der Waals surface area (Å²) in [5.41, 5.74) is 0.682. The predicted octanol–water partition coefficient (Wildman–Crippen LogP) is 2.85. The molecule has 20 heavy (non-hydrogen) atoms. The molecule has 0 radical (unpaired) electrons. The molecule has 1 heterocycles. The zero-order chi connectivity index (χ0) is 14.5. The van der Waals surface area contributed by atoms with Crippen molar-refractivity contribution in [3.8, 4) is 0 Å². The smallest absolute Gasteiger partial charge is 0.195 e. The van der Waals surface area contributed by atoms with Crippen LogP contribution in [0, 0.1) is 11.7 Å². The highest BCUT2D eigenvalue weighted by Gasteiger charge is 2.12. The van der Waals surface area contributed by atoms with Crippen molar-refractivity contribution >= 4 is 11.8 Å². The Morgan fingerprint density at radius 1 is 1.40 bits per heavy atom. The molecule has 1 aromatic carbocycles. The van der Waals surface area contributed by atoms with Crippen molar-refractivity contribution in [2.45, 2.75) is 30.4 Å². The molecule has 0 saturated heterocycles. The molecule has 108 valence electrons. The van der Waals surface area contributed by atoms with E-state index in [4.69, 9.17) is 0 Å². The second kappa shape index (κ2) is 6.85. The largest absolute Gasteiger partial charge is 0.312 e. The number of halogens is 1. The number of benzene rings is 1. The van der Waals surface area contributed by atoms with Gasteiger partial charge in [0.2, 0.25) is 0 Å². The summed E-state index contributed by atoms with van der Waals surface area (Å²) < 4.78 is 15.8. The third-order valence-electron chi connectivity index (χ3n) is 2.80. The average Bonchev–Trinajstić information content (AvgIpc) is 2.78. The standard InChI is InChI=1S/C14H19FN4S/c1-10(2)7-16-8-11-12(15)5-4-6-13(11)20-14-18-17-9-19(14)3/h4-6,9-10,16H,7-8H2,1-3H3. The van der Waals surface area contributed by atoms with Crippen molar-refractivity contribution in [3.05, 3.63) is 35.9 Å². The molecule has 0 spiro atoms. The van der Waals surface area contributed by atoms with E-state index in [0.29, 0.717) is 18.0 Å². The third-order valence-corrected chi connectivity index (χ3v) is 3.96. The van der Waals surface area contributed by atoms with E-state index >= 15 is 0 Å². The van der Waals surface area contributed by atoms with E-state index in [1.807, 2.05) is 17.7 Å². The number of aromatic nitrogens is 3. The molecule has 0 saturated carbocycles. The van der Waals surface area contributed by atoms with Crippen molar-refractivity contribution in [1.82, 2.24) is 20.1 Å². The molecule has 0 aliphatic rings. The van der Waals surface area contributed by atoms with E-state index in [1.165, 1.54) is 17.8 Å². The van der Waals surface area contributed by atoms with Crippen molar-refractivity contribution in [2.24, 2.45) is 13.0 Å². The van der Waals surface area contributed by atoms with Gasteiger partial charge < -0.3 is 9.88 Å². The average molecular weight is 294 g/mol. The molecule has 0 bridgehead atoms. The number of hydrogen-bond acceptors (Lipinski definition) is 4. The van der Waals surface area contributed by atoms with Crippen molar-refractivity contribution in [3.63, 3.8) is 0 Å². The Hall–Kier alpha value is -1.40. The first-order valence-corrected chi connectivity index (χ1v) is 7.39. The maximum absolute atomic E-state index is 14.0. The van der Waals surface area contributed by atoms with E-state index in [-0.39, 0.29) is 5.82 Å². The summed E-state index contributed by atoms with van der Waals surface area (Å²) in [6.45, 7) is 5.64. The van der Waals surface area contributed by atoms with Crippen LogP contribution in [0.25, 0.3) is 0 Å². The minimum atomic E-state index is -0.187. The lowest BCUT2D eigenvalue weighted by Crippen LogP contribution is -2.20. The van der Waals surface area contributed by atoms with E-state index < -0.39 is 0 Å². The lowest BCUT2D eigenvalue weighted by molar-refractivity contribution is 0.530. The van der Waals surface area contributed by atoms with E-state index in [9.17, 15) is 4.39 Å². The molecule has 0 aliphatic carbocycles. The summed E-state index contributed by atoms with van der Waals surface area (Å²) in [5, 5.41) is 11.9. The number of nitrogens with one attached hydrogen (secondary N) is 1. The molecular weight excluding hydrogens is 275 g/mol. The van der Waals surface area contributed by atoms with Gasteiger partial charge in [-0.1, -0.05) is 19.9 Å². The minimum absolute atomic E-state index is 0.187. The van der Waals surface area contributed by atoms with Gasteiger partial charge in [0, 0.05) is 24.1 Å². The van der Waals surface area contributed by atoms with Crippen LogP contribution in [0.3, 0.4) is 0 Å². The Bertz CT molecular complexity index is 568. The van der Waals surface area contributed by atoms with E-state index in [2.05, 4.69) is 29.4 Å². The number of hydrogen-bond donors (Lipinski definition) is 1. The van der Waals surface area contributed by atoms with Crippen LogP contribution >= 0.6 is 11.8 Å². The molecule has 6 heteroatoms. The zero-order valence-corrected chi connectivity index (χ0v) is 12.7.